The Morgan fingerprint density at radius 1 is 0.765 bits per heavy atom. The van der Waals surface area contributed by atoms with Gasteiger partial charge in [-0.15, -0.1) is 0 Å². The van der Waals surface area contributed by atoms with Crippen molar-refractivity contribution in [1.29, 1.82) is 0 Å². The van der Waals surface area contributed by atoms with Crippen LogP contribution in [0.3, 0.4) is 0 Å². The summed E-state index contributed by atoms with van der Waals surface area (Å²) in [5.74, 6) is -8.35. The molecular formula is C12H8F4O. The van der Waals surface area contributed by atoms with E-state index in [1.807, 2.05) is 0 Å². The third-order valence-electron chi connectivity index (χ3n) is 3.71. The molecule has 0 heterocycles. The highest BCUT2D eigenvalue weighted by atomic mass is 19.2. The van der Waals surface area contributed by atoms with Crippen LogP contribution in [0, 0.1) is 23.3 Å². The van der Waals surface area contributed by atoms with Crippen LogP contribution >= 0.6 is 0 Å². The minimum Gasteiger partial charge on any atom is -0.298 e. The molecule has 2 unspecified atom stereocenters. The highest BCUT2D eigenvalue weighted by molar-refractivity contribution is 5.97. The van der Waals surface area contributed by atoms with Crippen molar-refractivity contribution < 1.29 is 22.4 Å². The molecule has 0 N–H and O–H groups in total. The molecule has 17 heavy (non-hydrogen) atoms. The fourth-order valence-electron chi connectivity index (χ4n) is 2.97. The van der Waals surface area contributed by atoms with Crippen molar-refractivity contribution in [3.05, 3.63) is 34.4 Å². The third-order valence-corrected chi connectivity index (χ3v) is 3.71. The van der Waals surface area contributed by atoms with Crippen LogP contribution in [0.4, 0.5) is 17.6 Å². The molecule has 5 heteroatoms. The van der Waals surface area contributed by atoms with Crippen LogP contribution in [0.5, 0.6) is 0 Å². The molecule has 1 nitrogen and oxygen atoms in total. The number of carbonyl (C=O) groups is 1. The smallest absolute Gasteiger partial charge is 0.197 e. The highest BCUT2D eigenvalue weighted by Gasteiger charge is 2.47. The van der Waals surface area contributed by atoms with Gasteiger partial charge in [-0.3, -0.25) is 4.79 Å². The first-order chi connectivity index (χ1) is 8.04. The van der Waals surface area contributed by atoms with Crippen LogP contribution in [0.1, 0.15) is 42.2 Å². The van der Waals surface area contributed by atoms with Gasteiger partial charge in [0.2, 0.25) is 0 Å². The monoisotopic (exact) mass is 244 g/mol. The molecule has 90 valence electrons. The zero-order valence-electron chi connectivity index (χ0n) is 8.70. The molecule has 0 spiro atoms. The average molecular weight is 244 g/mol. The molecule has 3 rings (SSSR count). The average Bonchev–Trinajstić information content (AvgIpc) is 2.51. The van der Waals surface area contributed by atoms with Crippen LogP contribution in [0.25, 0.3) is 0 Å². The van der Waals surface area contributed by atoms with Gasteiger partial charge in [-0.1, -0.05) is 6.42 Å². The maximum atomic E-state index is 13.6. The lowest BCUT2D eigenvalue weighted by atomic mass is 9.85. The van der Waals surface area contributed by atoms with E-state index < -0.39 is 35.1 Å². The number of hydrogen-bond acceptors (Lipinski definition) is 1. The maximum Gasteiger partial charge on any atom is 0.197 e. The van der Waals surface area contributed by atoms with Crippen LogP contribution < -0.4 is 0 Å². The van der Waals surface area contributed by atoms with Crippen molar-refractivity contribution in [3.63, 3.8) is 0 Å². The number of benzene rings is 1. The summed E-state index contributed by atoms with van der Waals surface area (Å²) >= 11 is 0. The van der Waals surface area contributed by atoms with Gasteiger partial charge < -0.3 is 0 Å². The molecule has 2 atom stereocenters. The molecule has 1 fully saturated rings. The first-order valence-electron chi connectivity index (χ1n) is 5.43. The number of Topliss-reactive ketones (excluding diaryl/α,β-unsaturated/α-hetero) is 1. The van der Waals surface area contributed by atoms with Gasteiger partial charge in [-0.2, -0.15) is 0 Å². The maximum absolute atomic E-state index is 13.6. The van der Waals surface area contributed by atoms with E-state index in [0.29, 0.717) is 19.3 Å². The zero-order valence-corrected chi connectivity index (χ0v) is 8.70. The van der Waals surface area contributed by atoms with Crippen molar-refractivity contribution in [1.82, 2.24) is 0 Å². The standard InChI is InChI=1S/C12H8F4O/c13-8-6-4-2-1-3-5(12(4)17)7(6)9(14)11(16)10(8)15/h4-5H,1-3H2. The van der Waals surface area contributed by atoms with E-state index in [1.54, 1.807) is 0 Å². The normalized spacial score (nSPS) is 26.2. The summed E-state index contributed by atoms with van der Waals surface area (Å²) in [6.07, 6.45) is 1.39. The molecule has 0 aromatic heterocycles. The van der Waals surface area contributed by atoms with Gasteiger partial charge >= 0.3 is 0 Å². The second kappa shape index (κ2) is 3.31. The van der Waals surface area contributed by atoms with E-state index >= 15 is 0 Å². The largest absolute Gasteiger partial charge is 0.298 e. The number of hydrogen-bond donors (Lipinski definition) is 0. The van der Waals surface area contributed by atoms with Crippen molar-refractivity contribution in [2.45, 2.75) is 31.1 Å². The van der Waals surface area contributed by atoms with Gasteiger partial charge in [0.05, 0.1) is 0 Å². The zero-order chi connectivity index (χ0) is 12.3. The summed E-state index contributed by atoms with van der Waals surface area (Å²) in [5.41, 5.74) is -0.511. The number of carbonyl (C=O) groups excluding carboxylic acids is 1. The third kappa shape index (κ3) is 1.17. The lowest BCUT2D eigenvalue weighted by Gasteiger charge is -2.17. The Hall–Kier alpha value is -1.39. The molecule has 2 aliphatic carbocycles. The Balaban J connectivity index is 2.37. The van der Waals surface area contributed by atoms with Crippen molar-refractivity contribution in [2.24, 2.45) is 0 Å². The fourth-order valence-corrected chi connectivity index (χ4v) is 2.97. The molecule has 0 aliphatic heterocycles. The molecular weight excluding hydrogens is 236 g/mol. The molecule has 1 saturated carbocycles. The Kier molecular flexibility index (Phi) is 2.09. The Labute approximate surface area is 94.4 Å². The number of fused-ring (bicyclic) bond motifs is 5. The molecule has 2 aliphatic rings. The second-order valence-electron chi connectivity index (χ2n) is 4.52. The SMILES string of the molecule is O=C1C2CCCC1c1c(F)c(F)c(F)c(F)c12. The van der Waals surface area contributed by atoms with Gasteiger partial charge in [0, 0.05) is 23.0 Å². The molecule has 1 aromatic carbocycles. The van der Waals surface area contributed by atoms with E-state index in [1.165, 1.54) is 0 Å². The summed E-state index contributed by atoms with van der Waals surface area (Å²) in [6.45, 7) is 0. The van der Waals surface area contributed by atoms with Crippen LogP contribution in [-0.4, -0.2) is 5.78 Å². The van der Waals surface area contributed by atoms with E-state index in [0.717, 1.165) is 0 Å². The summed E-state index contributed by atoms with van der Waals surface area (Å²) in [4.78, 5) is 11.8. The predicted molar refractivity (Wildman–Crippen MR) is 50.6 cm³/mol. The van der Waals surface area contributed by atoms with Crippen molar-refractivity contribution in [2.75, 3.05) is 0 Å². The van der Waals surface area contributed by atoms with Crippen LogP contribution in [-0.2, 0) is 4.79 Å². The van der Waals surface area contributed by atoms with E-state index in [4.69, 9.17) is 0 Å². The molecule has 2 bridgehead atoms. The minimum atomic E-state index is -1.82. The number of halogens is 4. The lowest BCUT2D eigenvalue weighted by Crippen LogP contribution is -2.16. The summed E-state index contributed by atoms with van der Waals surface area (Å²) in [5, 5.41) is 0. The number of ketones is 1. The van der Waals surface area contributed by atoms with Crippen LogP contribution in [0.2, 0.25) is 0 Å². The summed E-state index contributed by atoms with van der Waals surface area (Å²) < 4.78 is 53.5. The van der Waals surface area contributed by atoms with Crippen molar-refractivity contribution >= 4 is 5.78 Å². The highest BCUT2D eigenvalue weighted by Crippen LogP contribution is 2.50. The fraction of sp³-hybridized carbons (Fsp3) is 0.417. The first kappa shape index (κ1) is 10.7. The predicted octanol–water partition coefficient (Wildman–Crippen LogP) is 3.18. The van der Waals surface area contributed by atoms with E-state index in [-0.39, 0.29) is 16.9 Å². The van der Waals surface area contributed by atoms with Gasteiger partial charge in [0.1, 0.15) is 5.78 Å². The van der Waals surface area contributed by atoms with E-state index in [2.05, 4.69) is 0 Å². The molecule has 1 aromatic rings. The number of rotatable bonds is 0. The van der Waals surface area contributed by atoms with Crippen molar-refractivity contribution in [3.8, 4) is 0 Å². The Morgan fingerprint density at radius 2 is 1.18 bits per heavy atom. The Bertz CT molecular complexity index is 493. The molecule has 0 radical (unpaired) electrons. The lowest BCUT2D eigenvalue weighted by molar-refractivity contribution is -0.122. The second-order valence-corrected chi connectivity index (χ2v) is 4.52. The molecule has 0 amide bonds. The quantitative estimate of drug-likeness (QED) is 0.389. The van der Waals surface area contributed by atoms with E-state index in [9.17, 15) is 22.4 Å². The Morgan fingerprint density at radius 3 is 1.59 bits per heavy atom. The topological polar surface area (TPSA) is 17.1 Å². The summed E-state index contributed by atoms with van der Waals surface area (Å²) in [6, 6.07) is 0. The minimum absolute atomic E-state index is 0.256. The van der Waals surface area contributed by atoms with Gasteiger partial charge in [0.15, 0.2) is 23.3 Å². The first-order valence-corrected chi connectivity index (χ1v) is 5.43. The molecule has 0 saturated heterocycles. The summed E-state index contributed by atoms with van der Waals surface area (Å²) in [7, 11) is 0. The van der Waals surface area contributed by atoms with Gasteiger partial charge in [-0.05, 0) is 12.8 Å². The van der Waals surface area contributed by atoms with Gasteiger partial charge in [0.25, 0.3) is 0 Å². The van der Waals surface area contributed by atoms with Crippen LogP contribution in [0.15, 0.2) is 0 Å². The van der Waals surface area contributed by atoms with Gasteiger partial charge in [-0.25, -0.2) is 17.6 Å².